The molecule has 0 aliphatic heterocycles. The van der Waals surface area contributed by atoms with Crippen LogP contribution in [0.25, 0.3) is 0 Å². The van der Waals surface area contributed by atoms with Gasteiger partial charge >= 0.3 is 8.80 Å². The SMILES string of the molecule is COc1cc(C=NCCC[Si](O)(O)O)ccc1O. The first-order valence-electron chi connectivity index (χ1n) is 5.46. The van der Waals surface area contributed by atoms with E-state index in [0.29, 0.717) is 18.7 Å². The zero-order valence-corrected chi connectivity index (χ0v) is 11.1. The minimum absolute atomic E-state index is 0.0246. The van der Waals surface area contributed by atoms with E-state index in [1.54, 1.807) is 18.3 Å². The zero-order chi connectivity index (χ0) is 13.6. The molecule has 0 fully saturated rings. The highest BCUT2D eigenvalue weighted by Crippen LogP contribution is 2.25. The third-order valence-corrected chi connectivity index (χ3v) is 3.27. The van der Waals surface area contributed by atoms with E-state index in [1.165, 1.54) is 13.2 Å². The van der Waals surface area contributed by atoms with E-state index in [1.807, 2.05) is 0 Å². The number of methoxy groups -OCH3 is 1. The first-order chi connectivity index (χ1) is 8.42. The largest absolute Gasteiger partial charge is 0.504 e. The molecular weight excluding hydrogens is 254 g/mol. The summed E-state index contributed by atoms with van der Waals surface area (Å²) >= 11 is 0. The van der Waals surface area contributed by atoms with Crippen molar-refractivity contribution in [1.82, 2.24) is 0 Å². The molecule has 1 rings (SSSR count). The lowest BCUT2D eigenvalue weighted by Gasteiger charge is -2.06. The van der Waals surface area contributed by atoms with Gasteiger partial charge in [-0.25, -0.2) is 0 Å². The molecule has 1 aromatic rings. The second kappa shape index (κ2) is 6.50. The molecule has 0 bridgehead atoms. The van der Waals surface area contributed by atoms with Crippen molar-refractivity contribution in [2.45, 2.75) is 12.5 Å². The molecule has 100 valence electrons. The minimum atomic E-state index is -3.94. The second-order valence-electron chi connectivity index (χ2n) is 3.84. The van der Waals surface area contributed by atoms with Crippen molar-refractivity contribution in [3.63, 3.8) is 0 Å². The van der Waals surface area contributed by atoms with Crippen LogP contribution in [0.2, 0.25) is 6.04 Å². The lowest BCUT2D eigenvalue weighted by molar-refractivity contribution is 0.227. The molecule has 1 aromatic carbocycles. The van der Waals surface area contributed by atoms with E-state index in [-0.39, 0.29) is 11.8 Å². The third-order valence-electron chi connectivity index (χ3n) is 2.24. The van der Waals surface area contributed by atoms with Crippen LogP contribution in [0.15, 0.2) is 23.2 Å². The average Bonchev–Trinajstić information content (AvgIpc) is 2.29. The molecule has 6 nitrogen and oxygen atoms in total. The second-order valence-corrected chi connectivity index (χ2v) is 5.89. The van der Waals surface area contributed by atoms with Crippen LogP contribution < -0.4 is 4.74 Å². The average molecular weight is 271 g/mol. The van der Waals surface area contributed by atoms with Gasteiger partial charge in [0.05, 0.1) is 7.11 Å². The monoisotopic (exact) mass is 271 g/mol. The maximum atomic E-state index is 9.39. The number of ether oxygens (including phenoxy) is 1. The molecule has 0 aromatic heterocycles. The fourth-order valence-corrected chi connectivity index (χ4v) is 1.98. The van der Waals surface area contributed by atoms with Crippen molar-refractivity contribution in [3.8, 4) is 11.5 Å². The number of rotatable bonds is 6. The first kappa shape index (κ1) is 14.6. The Morgan fingerprint density at radius 1 is 1.33 bits per heavy atom. The van der Waals surface area contributed by atoms with Crippen molar-refractivity contribution in [2.24, 2.45) is 4.99 Å². The molecule has 0 spiro atoms. The Morgan fingerprint density at radius 2 is 2.06 bits per heavy atom. The van der Waals surface area contributed by atoms with Gasteiger partial charge in [0.1, 0.15) is 0 Å². The summed E-state index contributed by atoms with van der Waals surface area (Å²) in [6, 6.07) is 4.81. The number of hydrogen-bond donors (Lipinski definition) is 4. The normalized spacial score (nSPS) is 12.0. The van der Waals surface area contributed by atoms with E-state index in [9.17, 15) is 5.11 Å². The van der Waals surface area contributed by atoms with Gasteiger partial charge in [0, 0.05) is 18.8 Å². The quantitative estimate of drug-likeness (QED) is 0.334. The maximum absolute atomic E-state index is 9.39. The summed E-state index contributed by atoms with van der Waals surface area (Å²) in [6.07, 6.45) is 2.00. The summed E-state index contributed by atoms with van der Waals surface area (Å²) in [5, 5.41) is 9.39. The van der Waals surface area contributed by atoms with E-state index in [0.717, 1.165) is 5.56 Å². The highest BCUT2D eigenvalue weighted by molar-refractivity contribution is 6.56. The standard InChI is InChI=1S/C11H17NO5Si/c1-17-11-7-9(3-4-10(11)13)8-12-5-2-6-18(14,15)16/h3-4,7-8,13-16H,2,5-6H2,1H3. The predicted octanol–water partition coefficient (Wildman–Crippen LogP) is 0.126. The van der Waals surface area contributed by atoms with E-state index in [2.05, 4.69) is 4.99 Å². The van der Waals surface area contributed by atoms with Crippen LogP contribution in [0.1, 0.15) is 12.0 Å². The summed E-state index contributed by atoms with van der Waals surface area (Å²) in [5.74, 6) is 0.428. The predicted molar refractivity (Wildman–Crippen MR) is 69.0 cm³/mol. The molecule has 0 amide bonds. The lowest BCUT2D eigenvalue weighted by Crippen LogP contribution is -2.34. The molecule has 0 unspecified atom stereocenters. The lowest BCUT2D eigenvalue weighted by atomic mass is 10.2. The van der Waals surface area contributed by atoms with Gasteiger partial charge in [-0.3, -0.25) is 4.99 Å². The van der Waals surface area contributed by atoms with Crippen molar-refractivity contribution >= 4 is 15.0 Å². The van der Waals surface area contributed by atoms with Gasteiger partial charge in [0.2, 0.25) is 0 Å². The van der Waals surface area contributed by atoms with Crippen molar-refractivity contribution in [3.05, 3.63) is 23.8 Å². The topological polar surface area (TPSA) is 103 Å². The van der Waals surface area contributed by atoms with Gasteiger partial charge < -0.3 is 24.2 Å². The Labute approximate surface area is 106 Å². The summed E-state index contributed by atoms with van der Waals surface area (Å²) in [6.45, 7) is 0.389. The van der Waals surface area contributed by atoms with Crippen LogP contribution in [0.3, 0.4) is 0 Å². The highest BCUT2D eigenvalue weighted by atomic mass is 28.4. The number of nitrogens with zero attached hydrogens (tertiary/aromatic N) is 1. The van der Waals surface area contributed by atoms with Gasteiger partial charge in [-0.05, 0) is 30.2 Å². The van der Waals surface area contributed by atoms with Crippen molar-refractivity contribution in [2.75, 3.05) is 13.7 Å². The molecule has 0 aliphatic rings. The van der Waals surface area contributed by atoms with Crippen molar-refractivity contribution < 1.29 is 24.2 Å². The summed E-state index contributed by atoms with van der Waals surface area (Å²) in [4.78, 5) is 30.4. The molecule has 0 saturated carbocycles. The number of hydrogen-bond acceptors (Lipinski definition) is 6. The summed E-state index contributed by atoms with van der Waals surface area (Å²) < 4.78 is 4.95. The molecule has 0 heterocycles. The highest BCUT2D eigenvalue weighted by Gasteiger charge is 2.25. The third kappa shape index (κ3) is 5.28. The Hall–Kier alpha value is -1.41. The molecule has 0 atom stereocenters. The summed E-state index contributed by atoms with van der Waals surface area (Å²) in [5.41, 5.74) is 0.769. The molecule has 0 aliphatic carbocycles. The Morgan fingerprint density at radius 3 is 2.67 bits per heavy atom. The fraction of sp³-hybridized carbons (Fsp3) is 0.364. The van der Waals surface area contributed by atoms with Crippen LogP contribution in [0, 0.1) is 0 Å². The van der Waals surface area contributed by atoms with E-state index < -0.39 is 8.80 Å². The summed E-state index contributed by atoms with van der Waals surface area (Å²) in [7, 11) is -2.47. The van der Waals surface area contributed by atoms with Gasteiger partial charge in [-0.2, -0.15) is 0 Å². The number of aromatic hydroxyl groups is 1. The molecule has 18 heavy (non-hydrogen) atoms. The number of phenols is 1. The molecule has 0 radical (unpaired) electrons. The number of benzene rings is 1. The smallest absolute Gasteiger partial charge is 0.492 e. The first-order valence-corrected chi connectivity index (χ1v) is 7.51. The van der Waals surface area contributed by atoms with E-state index >= 15 is 0 Å². The van der Waals surface area contributed by atoms with Crippen LogP contribution in [0.4, 0.5) is 0 Å². The molecule has 0 saturated heterocycles. The minimum Gasteiger partial charge on any atom is -0.504 e. The van der Waals surface area contributed by atoms with Crippen LogP contribution >= 0.6 is 0 Å². The van der Waals surface area contributed by atoms with Crippen LogP contribution in [0.5, 0.6) is 11.5 Å². The van der Waals surface area contributed by atoms with Gasteiger partial charge in [-0.15, -0.1) is 0 Å². The van der Waals surface area contributed by atoms with E-state index in [4.69, 9.17) is 19.1 Å². The van der Waals surface area contributed by atoms with Crippen molar-refractivity contribution in [1.29, 1.82) is 0 Å². The zero-order valence-electron chi connectivity index (χ0n) is 10.1. The van der Waals surface area contributed by atoms with Crippen LogP contribution in [-0.2, 0) is 0 Å². The Balaban J connectivity index is 2.47. The Bertz CT molecular complexity index is 416. The molecular formula is C11H17NO5Si. The fourth-order valence-electron chi connectivity index (χ4n) is 1.35. The number of phenolic OH excluding ortho intramolecular Hbond substituents is 1. The molecule has 7 heteroatoms. The number of aliphatic imine (C=N–C) groups is 1. The maximum Gasteiger partial charge on any atom is 0.492 e. The van der Waals surface area contributed by atoms with Gasteiger partial charge in [-0.1, -0.05) is 0 Å². The Kier molecular flexibility index (Phi) is 5.29. The molecule has 4 N–H and O–H groups in total. The van der Waals surface area contributed by atoms with Gasteiger partial charge in [0.25, 0.3) is 0 Å². The van der Waals surface area contributed by atoms with Crippen LogP contribution in [-0.4, -0.2) is 48.2 Å². The van der Waals surface area contributed by atoms with Gasteiger partial charge in [0.15, 0.2) is 11.5 Å².